The van der Waals surface area contributed by atoms with Gasteiger partial charge >= 0.3 is 5.97 Å². The average Bonchev–Trinajstić information content (AvgIpc) is 3.12. The van der Waals surface area contributed by atoms with Gasteiger partial charge in [-0.25, -0.2) is 4.79 Å². The summed E-state index contributed by atoms with van der Waals surface area (Å²) in [5.74, 6) is -1.36. The van der Waals surface area contributed by atoms with E-state index in [1.54, 1.807) is 38.4 Å². The lowest BCUT2D eigenvalue weighted by atomic mass is 10.2. The van der Waals surface area contributed by atoms with Crippen LogP contribution < -0.4 is 5.32 Å². The molecule has 1 heterocycles. The highest BCUT2D eigenvalue weighted by molar-refractivity contribution is 5.92. The van der Waals surface area contributed by atoms with E-state index in [1.165, 1.54) is 4.90 Å². The quantitative estimate of drug-likeness (QED) is 0.796. The molecular formula is C17H19N3O4. The van der Waals surface area contributed by atoms with Crippen LogP contribution in [0.15, 0.2) is 48.8 Å². The number of amides is 2. The van der Waals surface area contributed by atoms with E-state index >= 15 is 0 Å². The number of esters is 1. The monoisotopic (exact) mass is 329 g/mol. The minimum atomic E-state index is -0.594. The Hall–Kier alpha value is -3.09. The smallest absolute Gasteiger partial charge is 0.338 e. The first-order chi connectivity index (χ1) is 11.5. The number of carbonyl (C=O) groups excluding carboxylic acids is 3. The third-order valence-corrected chi connectivity index (χ3v) is 3.28. The summed E-state index contributed by atoms with van der Waals surface area (Å²) in [5, 5.41) is 2.39. The van der Waals surface area contributed by atoms with Crippen LogP contribution >= 0.6 is 0 Å². The summed E-state index contributed by atoms with van der Waals surface area (Å²) >= 11 is 0. The van der Waals surface area contributed by atoms with Gasteiger partial charge in [-0.05, 0) is 36.4 Å². The minimum absolute atomic E-state index is 0.130. The van der Waals surface area contributed by atoms with E-state index in [-0.39, 0.29) is 12.5 Å². The third-order valence-electron chi connectivity index (χ3n) is 3.28. The zero-order valence-electron chi connectivity index (χ0n) is 13.6. The van der Waals surface area contributed by atoms with Crippen molar-refractivity contribution < 1.29 is 19.1 Å². The summed E-state index contributed by atoms with van der Waals surface area (Å²) in [6.45, 7) is -0.562. The number of nitrogens with one attached hydrogen (secondary N) is 1. The molecule has 0 unspecified atom stereocenters. The topological polar surface area (TPSA) is 80.6 Å². The molecule has 0 saturated carbocycles. The van der Waals surface area contributed by atoms with Crippen LogP contribution in [0.5, 0.6) is 0 Å². The van der Waals surface area contributed by atoms with Gasteiger partial charge in [-0.15, -0.1) is 0 Å². The van der Waals surface area contributed by atoms with Gasteiger partial charge in [0.15, 0.2) is 6.61 Å². The summed E-state index contributed by atoms with van der Waals surface area (Å²) in [5.41, 5.74) is 1.26. The maximum Gasteiger partial charge on any atom is 0.338 e. The molecule has 126 valence electrons. The first-order valence-electron chi connectivity index (χ1n) is 7.35. The molecule has 24 heavy (non-hydrogen) atoms. The lowest BCUT2D eigenvalue weighted by Gasteiger charge is -2.11. The molecule has 1 aromatic carbocycles. The van der Waals surface area contributed by atoms with Gasteiger partial charge in [0.1, 0.15) is 0 Å². The predicted octanol–water partition coefficient (Wildman–Crippen LogP) is 0.839. The second-order valence-electron chi connectivity index (χ2n) is 5.28. The van der Waals surface area contributed by atoms with Crippen LogP contribution in [-0.2, 0) is 14.3 Å². The Morgan fingerprint density at radius 2 is 1.71 bits per heavy atom. The van der Waals surface area contributed by atoms with Crippen molar-refractivity contribution in [2.45, 2.75) is 0 Å². The molecule has 2 amide bonds. The van der Waals surface area contributed by atoms with Crippen molar-refractivity contribution >= 4 is 17.8 Å². The zero-order chi connectivity index (χ0) is 17.5. The van der Waals surface area contributed by atoms with Gasteiger partial charge in [0, 0.05) is 32.2 Å². The average molecular weight is 329 g/mol. The standard InChI is InChI=1S/C17H19N3O4/c1-19(2)16(22)11-18-15(21)12-24-17(23)13-5-7-14(8-6-13)20-9-3-4-10-20/h3-10H,11-12H2,1-2H3,(H,18,21). The lowest BCUT2D eigenvalue weighted by Crippen LogP contribution is -2.38. The Balaban J connectivity index is 1.82. The van der Waals surface area contributed by atoms with Gasteiger partial charge in [-0.1, -0.05) is 0 Å². The highest BCUT2D eigenvalue weighted by Crippen LogP contribution is 2.10. The molecule has 0 aliphatic carbocycles. The Kier molecular flexibility index (Phi) is 5.73. The summed E-state index contributed by atoms with van der Waals surface area (Å²) < 4.78 is 6.84. The van der Waals surface area contributed by atoms with E-state index in [0.29, 0.717) is 5.56 Å². The van der Waals surface area contributed by atoms with E-state index in [4.69, 9.17) is 4.74 Å². The number of nitrogens with zero attached hydrogens (tertiary/aromatic N) is 2. The van der Waals surface area contributed by atoms with Crippen LogP contribution in [0.4, 0.5) is 0 Å². The number of carbonyl (C=O) groups is 3. The fourth-order valence-corrected chi connectivity index (χ4v) is 1.87. The Labute approximate surface area is 139 Å². The molecule has 2 aromatic rings. The molecule has 0 atom stereocenters. The summed E-state index contributed by atoms with van der Waals surface area (Å²) in [6.07, 6.45) is 3.79. The molecule has 7 nitrogen and oxygen atoms in total. The number of hydrogen-bond donors (Lipinski definition) is 1. The van der Waals surface area contributed by atoms with Gasteiger partial charge in [-0.2, -0.15) is 0 Å². The maximum absolute atomic E-state index is 11.9. The summed E-state index contributed by atoms with van der Waals surface area (Å²) in [6, 6.07) is 10.6. The van der Waals surface area contributed by atoms with Gasteiger partial charge < -0.3 is 19.5 Å². The van der Waals surface area contributed by atoms with Gasteiger partial charge in [-0.3, -0.25) is 9.59 Å². The fraction of sp³-hybridized carbons (Fsp3) is 0.235. The van der Waals surface area contributed by atoms with Crippen LogP contribution in [0.25, 0.3) is 5.69 Å². The van der Waals surface area contributed by atoms with E-state index < -0.39 is 18.5 Å². The lowest BCUT2D eigenvalue weighted by molar-refractivity contribution is -0.131. The van der Waals surface area contributed by atoms with E-state index in [0.717, 1.165) is 5.69 Å². The first-order valence-corrected chi connectivity index (χ1v) is 7.35. The van der Waals surface area contributed by atoms with Crippen LogP contribution in [0.2, 0.25) is 0 Å². The number of hydrogen-bond acceptors (Lipinski definition) is 4. The molecule has 7 heteroatoms. The summed E-state index contributed by atoms with van der Waals surface area (Å²) in [4.78, 5) is 36.2. The van der Waals surface area contributed by atoms with Crippen molar-refractivity contribution in [1.29, 1.82) is 0 Å². The molecule has 0 saturated heterocycles. The van der Waals surface area contributed by atoms with Gasteiger partial charge in [0.05, 0.1) is 12.1 Å². The molecule has 0 aliphatic heterocycles. The Morgan fingerprint density at radius 1 is 1.08 bits per heavy atom. The molecule has 0 spiro atoms. The number of ether oxygens (including phenoxy) is 1. The molecule has 0 aliphatic rings. The van der Waals surface area contributed by atoms with Gasteiger partial charge in [0.25, 0.3) is 5.91 Å². The molecule has 0 bridgehead atoms. The zero-order valence-corrected chi connectivity index (χ0v) is 13.6. The van der Waals surface area contributed by atoms with Crippen LogP contribution in [0.3, 0.4) is 0 Å². The van der Waals surface area contributed by atoms with Crippen molar-refractivity contribution in [3.05, 3.63) is 54.4 Å². The van der Waals surface area contributed by atoms with E-state index in [2.05, 4.69) is 5.32 Å². The SMILES string of the molecule is CN(C)C(=O)CNC(=O)COC(=O)c1ccc(-n2cccc2)cc1. The molecular weight excluding hydrogens is 310 g/mol. The molecule has 2 rings (SSSR count). The number of aromatic nitrogens is 1. The van der Waals surface area contributed by atoms with Crippen molar-refractivity contribution in [1.82, 2.24) is 14.8 Å². The van der Waals surface area contributed by atoms with Gasteiger partial charge in [0.2, 0.25) is 5.91 Å². The van der Waals surface area contributed by atoms with Crippen molar-refractivity contribution in [2.24, 2.45) is 0 Å². The second kappa shape index (κ2) is 7.96. The van der Waals surface area contributed by atoms with Crippen LogP contribution in [0.1, 0.15) is 10.4 Å². The number of rotatable bonds is 6. The van der Waals surface area contributed by atoms with E-state index in [9.17, 15) is 14.4 Å². The van der Waals surface area contributed by atoms with Crippen LogP contribution in [0, 0.1) is 0 Å². The Bertz CT molecular complexity index is 706. The highest BCUT2D eigenvalue weighted by Gasteiger charge is 2.12. The predicted molar refractivity (Wildman–Crippen MR) is 87.8 cm³/mol. The largest absolute Gasteiger partial charge is 0.452 e. The third kappa shape index (κ3) is 4.70. The molecule has 1 N–H and O–H groups in total. The Morgan fingerprint density at radius 3 is 2.29 bits per heavy atom. The number of likely N-dealkylation sites (N-methyl/N-ethyl adjacent to an activating group) is 1. The minimum Gasteiger partial charge on any atom is -0.452 e. The maximum atomic E-state index is 11.9. The molecule has 0 fully saturated rings. The normalized spacial score (nSPS) is 10.1. The first kappa shape index (κ1) is 17.3. The highest BCUT2D eigenvalue weighted by atomic mass is 16.5. The summed E-state index contributed by atoms with van der Waals surface area (Å²) in [7, 11) is 3.18. The number of benzene rings is 1. The fourth-order valence-electron chi connectivity index (χ4n) is 1.87. The molecule has 0 radical (unpaired) electrons. The van der Waals surface area contributed by atoms with Crippen LogP contribution in [-0.4, -0.2) is 54.5 Å². The second-order valence-corrected chi connectivity index (χ2v) is 5.28. The molecule has 1 aromatic heterocycles. The van der Waals surface area contributed by atoms with Crippen molar-refractivity contribution in [2.75, 3.05) is 27.2 Å². The van der Waals surface area contributed by atoms with E-state index in [1.807, 2.05) is 29.1 Å². The van der Waals surface area contributed by atoms with Crippen molar-refractivity contribution in [3.8, 4) is 5.69 Å². The van der Waals surface area contributed by atoms with Crippen molar-refractivity contribution in [3.63, 3.8) is 0 Å².